The van der Waals surface area contributed by atoms with Gasteiger partial charge in [0.25, 0.3) is 0 Å². The number of benzene rings is 1. The molecule has 1 aliphatic heterocycles. The molecule has 1 amide bonds. The lowest BCUT2D eigenvalue weighted by Gasteiger charge is -2.33. The van der Waals surface area contributed by atoms with Gasteiger partial charge in [-0.25, -0.2) is 4.79 Å². The van der Waals surface area contributed by atoms with Gasteiger partial charge in [0.05, 0.1) is 13.2 Å². The Hall–Kier alpha value is -1.40. The van der Waals surface area contributed by atoms with E-state index in [1.807, 2.05) is 24.3 Å². The summed E-state index contributed by atoms with van der Waals surface area (Å²) in [6.45, 7) is 5.17. The Morgan fingerprint density at radius 2 is 1.76 bits per heavy atom. The third-order valence-electron chi connectivity index (χ3n) is 3.43. The van der Waals surface area contributed by atoms with Crippen molar-refractivity contribution in [2.45, 2.75) is 6.92 Å². The van der Waals surface area contributed by atoms with E-state index >= 15 is 0 Å². The second-order valence-corrected chi connectivity index (χ2v) is 5.81. The van der Waals surface area contributed by atoms with Crippen molar-refractivity contribution in [1.29, 1.82) is 0 Å². The Bertz CT molecular complexity index is 496. The monoisotopic (exact) mass is 354 g/mol. The molecule has 1 aromatic carbocycles. The first-order valence-corrected chi connectivity index (χ1v) is 7.82. The largest absolute Gasteiger partial charge is 0.450 e. The fourth-order valence-corrected chi connectivity index (χ4v) is 2.50. The van der Waals surface area contributed by atoms with Gasteiger partial charge in [0.15, 0.2) is 5.78 Å². The quantitative estimate of drug-likeness (QED) is 0.779. The number of Topliss-reactive ketones (excluding diaryl/α,β-unsaturated/α-hetero) is 1. The highest BCUT2D eigenvalue weighted by Crippen LogP contribution is 2.12. The second kappa shape index (κ2) is 7.56. The number of hydrogen-bond donors (Lipinski definition) is 0. The van der Waals surface area contributed by atoms with Crippen LogP contribution in [0.3, 0.4) is 0 Å². The van der Waals surface area contributed by atoms with E-state index < -0.39 is 0 Å². The van der Waals surface area contributed by atoms with E-state index in [1.54, 1.807) is 11.8 Å². The fraction of sp³-hybridized carbons (Fsp3) is 0.467. The number of ketones is 1. The number of carbonyl (C=O) groups is 2. The number of nitrogens with zero attached hydrogens (tertiary/aromatic N) is 2. The Morgan fingerprint density at radius 3 is 2.33 bits per heavy atom. The molecule has 0 aromatic heterocycles. The van der Waals surface area contributed by atoms with Gasteiger partial charge in [-0.15, -0.1) is 0 Å². The first kappa shape index (κ1) is 16.0. The second-order valence-electron chi connectivity index (χ2n) is 4.89. The lowest BCUT2D eigenvalue weighted by atomic mass is 10.1. The van der Waals surface area contributed by atoms with Crippen molar-refractivity contribution in [3.63, 3.8) is 0 Å². The molecule has 0 N–H and O–H groups in total. The third kappa shape index (κ3) is 4.54. The number of hydrogen-bond acceptors (Lipinski definition) is 4. The molecule has 0 radical (unpaired) electrons. The van der Waals surface area contributed by atoms with E-state index in [0.29, 0.717) is 44.9 Å². The molecule has 1 aliphatic rings. The zero-order valence-corrected chi connectivity index (χ0v) is 13.6. The van der Waals surface area contributed by atoms with Crippen molar-refractivity contribution in [2.75, 3.05) is 39.3 Å². The summed E-state index contributed by atoms with van der Waals surface area (Å²) in [5, 5.41) is 0. The average Bonchev–Trinajstić information content (AvgIpc) is 2.49. The Balaban J connectivity index is 1.82. The smallest absolute Gasteiger partial charge is 0.409 e. The molecule has 1 saturated heterocycles. The Kier molecular flexibility index (Phi) is 5.76. The molecule has 0 aliphatic carbocycles. The van der Waals surface area contributed by atoms with E-state index in [-0.39, 0.29) is 11.9 Å². The normalized spacial score (nSPS) is 15.8. The minimum atomic E-state index is -0.267. The molecule has 1 fully saturated rings. The van der Waals surface area contributed by atoms with Crippen molar-refractivity contribution in [1.82, 2.24) is 9.80 Å². The molecule has 21 heavy (non-hydrogen) atoms. The molecule has 6 heteroatoms. The zero-order valence-electron chi connectivity index (χ0n) is 12.0. The highest BCUT2D eigenvalue weighted by Gasteiger charge is 2.23. The lowest BCUT2D eigenvalue weighted by Crippen LogP contribution is -2.50. The molecular weight excluding hydrogens is 336 g/mol. The van der Waals surface area contributed by atoms with Gasteiger partial charge in [0, 0.05) is 36.2 Å². The maximum Gasteiger partial charge on any atom is 0.409 e. The van der Waals surface area contributed by atoms with Crippen LogP contribution in [0.25, 0.3) is 0 Å². The molecular formula is C15H19BrN2O3. The van der Waals surface area contributed by atoms with Gasteiger partial charge < -0.3 is 9.64 Å². The van der Waals surface area contributed by atoms with Crippen LogP contribution < -0.4 is 0 Å². The molecule has 1 aromatic rings. The topological polar surface area (TPSA) is 49.9 Å². The molecule has 0 atom stereocenters. The summed E-state index contributed by atoms with van der Waals surface area (Å²) in [5.41, 5.74) is 0.714. The fourth-order valence-electron chi connectivity index (χ4n) is 2.23. The number of amides is 1. The zero-order chi connectivity index (χ0) is 15.2. The highest BCUT2D eigenvalue weighted by atomic mass is 79.9. The molecule has 0 unspecified atom stereocenters. The van der Waals surface area contributed by atoms with E-state index in [1.165, 1.54) is 0 Å². The van der Waals surface area contributed by atoms with Crippen LogP contribution in [0.5, 0.6) is 0 Å². The predicted molar refractivity (Wildman–Crippen MR) is 83.5 cm³/mol. The number of halogens is 1. The van der Waals surface area contributed by atoms with Crippen molar-refractivity contribution in [2.24, 2.45) is 0 Å². The first-order valence-electron chi connectivity index (χ1n) is 7.03. The number of carbonyl (C=O) groups excluding carboxylic acids is 2. The molecule has 114 valence electrons. The number of ether oxygens (including phenoxy) is 1. The predicted octanol–water partition coefficient (Wildman–Crippen LogP) is 2.41. The van der Waals surface area contributed by atoms with Crippen molar-refractivity contribution in [3.8, 4) is 0 Å². The van der Waals surface area contributed by atoms with Crippen LogP contribution in [0, 0.1) is 0 Å². The summed E-state index contributed by atoms with van der Waals surface area (Å²) in [6.07, 6.45) is -0.267. The average molecular weight is 355 g/mol. The maximum absolute atomic E-state index is 12.2. The molecule has 5 nitrogen and oxygen atoms in total. The van der Waals surface area contributed by atoms with Crippen molar-refractivity contribution >= 4 is 27.8 Å². The van der Waals surface area contributed by atoms with Crippen molar-refractivity contribution in [3.05, 3.63) is 34.3 Å². The van der Waals surface area contributed by atoms with E-state index in [0.717, 1.165) is 4.47 Å². The Labute approximate surface area is 133 Å². The summed E-state index contributed by atoms with van der Waals surface area (Å²) < 4.78 is 5.94. The van der Waals surface area contributed by atoms with Gasteiger partial charge in [-0.2, -0.15) is 0 Å². The van der Waals surface area contributed by atoms with Crippen molar-refractivity contribution < 1.29 is 14.3 Å². The SMILES string of the molecule is CCOC(=O)N1CCN(CC(=O)c2ccc(Br)cc2)CC1. The summed E-state index contributed by atoms with van der Waals surface area (Å²) in [6, 6.07) is 7.38. The van der Waals surface area contributed by atoms with E-state index in [2.05, 4.69) is 20.8 Å². The van der Waals surface area contributed by atoms with Crippen LogP contribution in [-0.2, 0) is 4.74 Å². The third-order valence-corrected chi connectivity index (χ3v) is 3.96. The molecule has 1 heterocycles. The van der Waals surface area contributed by atoms with Gasteiger partial charge in [-0.1, -0.05) is 28.1 Å². The van der Waals surface area contributed by atoms with Gasteiger partial charge in [-0.3, -0.25) is 9.69 Å². The molecule has 2 rings (SSSR count). The minimum Gasteiger partial charge on any atom is -0.450 e. The van der Waals surface area contributed by atoms with E-state index in [4.69, 9.17) is 4.74 Å². The number of rotatable bonds is 4. The van der Waals surface area contributed by atoms with Crippen LogP contribution in [0.4, 0.5) is 4.79 Å². The summed E-state index contributed by atoms with van der Waals surface area (Å²) in [4.78, 5) is 27.5. The molecule has 0 bridgehead atoms. The van der Waals surface area contributed by atoms with Gasteiger partial charge in [0.2, 0.25) is 0 Å². The molecule has 0 spiro atoms. The lowest BCUT2D eigenvalue weighted by molar-refractivity contribution is 0.0733. The van der Waals surface area contributed by atoms with E-state index in [9.17, 15) is 9.59 Å². The van der Waals surface area contributed by atoms with Crippen LogP contribution in [0.15, 0.2) is 28.7 Å². The highest BCUT2D eigenvalue weighted by molar-refractivity contribution is 9.10. The maximum atomic E-state index is 12.2. The summed E-state index contributed by atoms with van der Waals surface area (Å²) in [5.74, 6) is 0.104. The Morgan fingerprint density at radius 1 is 1.14 bits per heavy atom. The number of piperazine rings is 1. The van der Waals surface area contributed by atoms with Crippen LogP contribution >= 0.6 is 15.9 Å². The van der Waals surface area contributed by atoms with Gasteiger partial charge >= 0.3 is 6.09 Å². The van der Waals surface area contributed by atoms with Crippen LogP contribution in [-0.4, -0.2) is 61.0 Å². The minimum absolute atomic E-state index is 0.104. The summed E-state index contributed by atoms with van der Waals surface area (Å²) >= 11 is 3.35. The van der Waals surface area contributed by atoms with Crippen LogP contribution in [0.1, 0.15) is 17.3 Å². The first-order chi connectivity index (χ1) is 10.1. The van der Waals surface area contributed by atoms with Gasteiger partial charge in [0.1, 0.15) is 0 Å². The molecule has 0 saturated carbocycles. The summed E-state index contributed by atoms with van der Waals surface area (Å²) in [7, 11) is 0. The van der Waals surface area contributed by atoms with Crippen LogP contribution in [0.2, 0.25) is 0 Å². The standard InChI is InChI=1S/C15H19BrN2O3/c1-2-21-15(20)18-9-7-17(8-10-18)11-14(19)12-3-5-13(16)6-4-12/h3-6H,2,7-11H2,1H3. The van der Waals surface area contributed by atoms with Gasteiger partial charge in [-0.05, 0) is 19.1 Å².